The van der Waals surface area contributed by atoms with E-state index in [-0.39, 0.29) is 0 Å². The van der Waals surface area contributed by atoms with Crippen LogP contribution in [-0.2, 0) is 0 Å². The molecule has 1 fully saturated rings. The highest BCUT2D eigenvalue weighted by molar-refractivity contribution is 5.29. The summed E-state index contributed by atoms with van der Waals surface area (Å²) >= 11 is 0. The lowest BCUT2D eigenvalue weighted by Crippen LogP contribution is -2.38. The van der Waals surface area contributed by atoms with Crippen molar-refractivity contribution in [2.45, 2.75) is 45.6 Å². The Balaban J connectivity index is 1.94. The van der Waals surface area contributed by atoms with Gasteiger partial charge in [-0.15, -0.1) is 0 Å². The van der Waals surface area contributed by atoms with Gasteiger partial charge in [0, 0.05) is 12.6 Å². The van der Waals surface area contributed by atoms with Gasteiger partial charge in [-0.1, -0.05) is 32.4 Å². The molecule has 0 amide bonds. The van der Waals surface area contributed by atoms with Crippen LogP contribution in [0.4, 0.5) is 0 Å². The van der Waals surface area contributed by atoms with E-state index in [0.29, 0.717) is 11.5 Å². The lowest BCUT2D eigenvalue weighted by Gasteiger charge is -2.39. The number of nitrogens with one attached hydrogen (secondary N) is 1. The van der Waals surface area contributed by atoms with Gasteiger partial charge in [0.25, 0.3) is 0 Å². The summed E-state index contributed by atoms with van der Waals surface area (Å²) in [5.74, 6) is 0.930. The molecule has 1 aromatic carbocycles. The van der Waals surface area contributed by atoms with E-state index in [1.54, 1.807) is 7.11 Å². The molecule has 0 spiro atoms. The molecule has 1 atom stereocenters. The Bertz CT molecular complexity index is 367. The fraction of sp³-hybridized carbons (Fsp3) is 0.625. The molecule has 0 aliphatic heterocycles. The van der Waals surface area contributed by atoms with Crippen molar-refractivity contribution in [3.63, 3.8) is 0 Å². The van der Waals surface area contributed by atoms with Gasteiger partial charge in [0.15, 0.2) is 0 Å². The first-order chi connectivity index (χ1) is 8.67. The molecule has 1 aromatic rings. The molecule has 1 aliphatic rings. The topological polar surface area (TPSA) is 21.3 Å². The van der Waals surface area contributed by atoms with Crippen LogP contribution in [0.2, 0.25) is 0 Å². The summed E-state index contributed by atoms with van der Waals surface area (Å²) in [7, 11) is 1.71. The zero-order chi connectivity index (χ0) is 13.0. The fourth-order valence-electron chi connectivity index (χ4n) is 2.66. The molecule has 1 aliphatic carbocycles. The number of rotatable bonds is 6. The average molecular weight is 247 g/mol. The van der Waals surface area contributed by atoms with Crippen molar-refractivity contribution < 1.29 is 4.74 Å². The maximum absolute atomic E-state index is 5.20. The second kappa shape index (κ2) is 5.75. The zero-order valence-corrected chi connectivity index (χ0v) is 11.8. The first-order valence-electron chi connectivity index (χ1n) is 7.04. The molecular formula is C16H25NO. The van der Waals surface area contributed by atoms with Gasteiger partial charge in [-0.25, -0.2) is 0 Å². The molecular weight excluding hydrogens is 222 g/mol. The molecule has 18 heavy (non-hydrogen) atoms. The van der Waals surface area contributed by atoms with Crippen molar-refractivity contribution in [3.05, 3.63) is 29.8 Å². The highest BCUT2D eigenvalue weighted by Crippen LogP contribution is 2.40. The smallest absolute Gasteiger partial charge is 0.118 e. The van der Waals surface area contributed by atoms with E-state index >= 15 is 0 Å². The molecule has 0 radical (unpaired) electrons. The van der Waals surface area contributed by atoms with Gasteiger partial charge >= 0.3 is 0 Å². The van der Waals surface area contributed by atoms with Crippen LogP contribution in [0, 0.1) is 5.41 Å². The van der Waals surface area contributed by atoms with Crippen molar-refractivity contribution in [2.75, 3.05) is 13.7 Å². The number of methoxy groups -OCH3 is 1. The maximum Gasteiger partial charge on any atom is 0.118 e. The highest BCUT2D eigenvalue weighted by Gasteiger charge is 2.31. The second-order valence-corrected chi connectivity index (χ2v) is 5.78. The lowest BCUT2D eigenvalue weighted by molar-refractivity contribution is 0.150. The Hall–Kier alpha value is -1.02. The maximum atomic E-state index is 5.20. The van der Waals surface area contributed by atoms with Crippen molar-refractivity contribution >= 4 is 0 Å². The number of hydrogen-bond acceptors (Lipinski definition) is 2. The summed E-state index contributed by atoms with van der Waals surface area (Å²) in [6.07, 6.45) is 5.28. The monoisotopic (exact) mass is 247 g/mol. The Morgan fingerprint density at radius 1 is 1.28 bits per heavy atom. The van der Waals surface area contributed by atoms with Gasteiger partial charge < -0.3 is 10.1 Å². The van der Waals surface area contributed by atoms with Crippen LogP contribution in [0.25, 0.3) is 0 Å². The Morgan fingerprint density at radius 2 is 1.94 bits per heavy atom. The standard InChI is InChI=1S/C16H25NO/c1-4-15(17-12-16(2)10-5-11-16)13-6-8-14(18-3)9-7-13/h6-9,15,17H,4-5,10-12H2,1-3H3. The third-order valence-electron chi connectivity index (χ3n) is 4.26. The van der Waals surface area contributed by atoms with Crippen molar-refractivity contribution in [2.24, 2.45) is 5.41 Å². The summed E-state index contributed by atoms with van der Waals surface area (Å²) < 4.78 is 5.20. The summed E-state index contributed by atoms with van der Waals surface area (Å²) in [5, 5.41) is 3.72. The molecule has 1 saturated carbocycles. The average Bonchev–Trinajstić information content (AvgIpc) is 2.38. The first kappa shape index (κ1) is 13.4. The number of hydrogen-bond donors (Lipinski definition) is 1. The van der Waals surface area contributed by atoms with E-state index in [1.165, 1.54) is 24.8 Å². The van der Waals surface area contributed by atoms with Crippen LogP contribution in [0.1, 0.15) is 51.1 Å². The van der Waals surface area contributed by atoms with Crippen LogP contribution >= 0.6 is 0 Å². The molecule has 1 N–H and O–H groups in total. The van der Waals surface area contributed by atoms with Gasteiger partial charge in [0.2, 0.25) is 0 Å². The Labute approximate surface area is 111 Å². The summed E-state index contributed by atoms with van der Waals surface area (Å²) in [5.41, 5.74) is 1.90. The van der Waals surface area contributed by atoms with Crippen molar-refractivity contribution in [1.82, 2.24) is 5.32 Å². The highest BCUT2D eigenvalue weighted by atomic mass is 16.5. The summed E-state index contributed by atoms with van der Waals surface area (Å²) in [6.45, 7) is 5.77. The third kappa shape index (κ3) is 3.05. The van der Waals surface area contributed by atoms with Crippen molar-refractivity contribution in [3.8, 4) is 5.75 Å². The Kier molecular flexibility index (Phi) is 4.28. The molecule has 0 bridgehead atoms. The number of ether oxygens (including phenoxy) is 1. The van der Waals surface area contributed by atoms with Crippen LogP contribution in [-0.4, -0.2) is 13.7 Å². The van der Waals surface area contributed by atoms with E-state index in [0.717, 1.165) is 18.7 Å². The molecule has 0 aromatic heterocycles. The molecule has 2 heteroatoms. The summed E-state index contributed by atoms with van der Waals surface area (Å²) in [4.78, 5) is 0. The predicted octanol–water partition coefficient (Wildman–Crippen LogP) is 3.93. The van der Waals surface area contributed by atoms with Gasteiger partial charge in [0.1, 0.15) is 5.75 Å². The quantitative estimate of drug-likeness (QED) is 0.822. The van der Waals surface area contributed by atoms with Crippen molar-refractivity contribution in [1.29, 1.82) is 0 Å². The minimum Gasteiger partial charge on any atom is -0.497 e. The fourth-order valence-corrected chi connectivity index (χ4v) is 2.66. The largest absolute Gasteiger partial charge is 0.497 e. The minimum absolute atomic E-state index is 0.466. The van der Waals surface area contributed by atoms with E-state index < -0.39 is 0 Å². The molecule has 0 saturated heterocycles. The lowest BCUT2D eigenvalue weighted by atomic mass is 9.70. The molecule has 2 nitrogen and oxygen atoms in total. The van der Waals surface area contributed by atoms with E-state index in [4.69, 9.17) is 4.74 Å². The summed E-state index contributed by atoms with van der Waals surface area (Å²) in [6, 6.07) is 8.90. The Morgan fingerprint density at radius 3 is 2.39 bits per heavy atom. The van der Waals surface area contributed by atoms with Gasteiger partial charge in [-0.2, -0.15) is 0 Å². The van der Waals surface area contributed by atoms with E-state index in [1.807, 2.05) is 12.1 Å². The normalized spacial score (nSPS) is 19.1. The molecule has 2 rings (SSSR count). The van der Waals surface area contributed by atoms with E-state index in [2.05, 4.69) is 31.3 Å². The number of benzene rings is 1. The molecule has 100 valence electrons. The first-order valence-corrected chi connectivity index (χ1v) is 7.04. The van der Waals surface area contributed by atoms with Gasteiger partial charge in [-0.3, -0.25) is 0 Å². The van der Waals surface area contributed by atoms with Crippen LogP contribution in [0.3, 0.4) is 0 Å². The van der Waals surface area contributed by atoms with Crippen LogP contribution in [0.15, 0.2) is 24.3 Å². The predicted molar refractivity (Wildman–Crippen MR) is 76.0 cm³/mol. The minimum atomic E-state index is 0.466. The van der Waals surface area contributed by atoms with E-state index in [9.17, 15) is 0 Å². The van der Waals surface area contributed by atoms with Gasteiger partial charge in [-0.05, 0) is 42.4 Å². The SMILES string of the molecule is CCC(NCC1(C)CCC1)c1ccc(OC)cc1. The molecule has 0 heterocycles. The zero-order valence-electron chi connectivity index (χ0n) is 11.8. The second-order valence-electron chi connectivity index (χ2n) is 5.78. The van der Waals surface area contributed by atoms with Crippen LogP contribution in [0.5, 0.6) is 5.75 Å². The third-order valence-corrected chi connectivity index (χ3v) is 4.26. The van der Waals surface area contributed by atoms with Gasteiger partial charge in [0.05, 0.1) is 7.11 Å². The molecule has 1 unspecified atom stereocenters. The van der Waals surface area contributed by atoms with Crippen LogP contribution < -0.4 is 10.1 Å².